The van der Waals surface area contributed by atoms with Gasteiger partial charge in [0, 0.05) is 19.6 Å². The van der Waals surface area contributed by atoms with Gasteiger partial charge in [0.1, 0.15) is 0 Å². The number of hydrogen-bond acceptors (Lipinski definition) is 2. The molecule has 2 radical (unpaired) electrons. The summed E-state index contributed by atoms with van der Waals surface area (Å²) in [6, 6.07) is 0. The number of ether oxygens (including phenoxy) is 2. The molecule has 9 heavy (non-hydrogen) atoms. The molecule has 0 spiro atoms. The fourth-order valence-electron chi connectivity index (χ4n) is 0.800. The van der Waals surface area contributed by atoms with Crippen LogP contribution in [0.5, 0.6) is 0 Å². The van der Waals surface area contributed by atoms with Crippen LogP contribution >= 0.6 is 0 Å². The van der Waals surface area contributed by atoms with Gasteiger partial charge >= 0.3 is 0 Å². The predicted octanol–water partition coefficient (Wildman–Crippen LogP) is 1.24. The van der Waals surface area contributed by atoms with Crippen molar-refractivity contribution < 1.29 is 9.47 Å². The first-order chi connectivity index (χ1) is 4.43. The molecule has 0 aromatic carbocycles. The molecule has 1 heterocycles. The Balaban J connectivity index is 2.08. The molecule has 0 saturated carbocycles. The van der Waals surface area contributed by atoms with E-state index in [9.17, 15) is 0 Å². The Morgan fingerprint density at radius 2 is 2.67 bits per heavy atom. The van der Waals surface area contributed by atoms with Crippen molar-refractivity contribution in [2.24, 2.45) is 0 Å². The van der Waals surface area contributed by atoms with Crippen molar-refractivity contribution in [3.8, 4) is 0 Å². The van der Waals surface area contributed by atoms with E-state index >= 15 is 0 Å². The van der Waals surface area contributed by atoms with Crippen molar-refractivity contribution in [3.05, 3.63) is 6.42 Å². The summed E-state index contributed by atoms with van der Waals surface area (Å²) in [6.45, 7) is 3.48. The Bertz CT molecular complexity index is 64.6. The number of rotatable bonds is 2. The molecule has 1 rings (SSSR count). The van der Waals surface area contributed by atoms with Crippen molar-refractivity contribution in [3.63, 3.8) is 0 Å². The Morgan fingerprint density at radius 1 is 1.78 bits per heavy atom. The second-order valence-electron chi connectivity index (χ2n) is 1.97. The highest BCUT2D eigenvalue weighted by molar-refractivity contribution is 4.73. The van der Waals surface area contributed by atoms with Gasteiger partial charge in [-0.3, -0.25) is 0 Å². The molecular formula is C7H12O2. The van der Waals surface area contributed by atoms with E-state index in [2.05, 4.69) is 6.42 Å². The average molecular weight is 128 g/mol. The zero-order chi connectivity index (χ0) is 6.53. The highest BCUT2D eigenvalue weighted by Crippen LogP contribution is 2.11. The maximum atomic E-state index is 5.18. The SMILES string of the molecule is CCOC1[C]CCCO1. The first-order valence-electron chi connectivity index (χ1n) is 3.40. The van der Waals surface area contributed by atoms with Crippen LogP contribution in [0.2, 0.25) is 0 Å². The summed E-state index contributed by atoms with van der Waals surface area (Å²) in [7, 11) is 0. The van der Waals surface area contributed by atoms with Crippen LogP contribution in [0.4, 0.5) is 0 Å². The summed E-state index contributed by atoms with van der Waals surface area (Å²) in [4.78, 5) is 0. The summed E-state index contributed by atoms with van der Waals surface area (Å²) < 4.78 is 10.3. The lowest BCUT2D eigenvalue weighted by Crippen LogP contribution is -2.22. The van der Waals surface area contributed by atoms with Gasteiger partial charge in [-0.25, -0.2) is 0 Å². The molecule has 0 amide bonds. The monoisotopic (exact) mass is 128 g/mol. The van der Waals surface area contributed by atoms with Crippen molar-refractivity contribution >= 4 is 0 Å². The highest BCUT2D eigenvalue weighted by Gasteiger charge is 2.13. The minimum atomic E-state index is -0.149. The van der Waals surface area contributed by atoms with Crippen LogP contribution in [0.15, 0.2) is 0 Å². The maximum absolute atomic E-state index is 5.18. The summed E-state index contributed by atoms with van der Waals surface area (Å²) >= 11 is 0. The molecular weight excluding hydrogens is 116 g/mol. The van der Waals surface area contributed by atoms with E-state index in [1.54, 1.807) is 0 Å². The smallest absolute Gasteiger partial charge is 0.164 e. The van der Waals surface area contributed by atoms with Crippen LogP contribution in [-0.2, 0) is 9.47 Å². The molecule has 1 fully saturated rings. The molecule has 2 nitrogen and oxygen atoms in total. The van der Waals surface area contributed by atoms with Crippen LogP contribution in [0.1, 0.15) is 19.8 Å². The third kappa shape index (κ3) is 2.33. The lowest BCUT2D eigenvalue weighted by Gasteiger charge is -2.20. The van der Waals surface area contributed by atoms with Crippen molar-refractivity contribution in [1.82, 2.24) is 0 Å². The quantitative estimate of drug-likeness (QED) is 0.557. The molecule has 1 unspecified atom stereocenters. The van der Waals surface area contributed by atoms with Gasteiger partial charge < -0.3 is 9.47 Å². The van der Waals surface area contributed by atoms with Gasteiger partial charge in [-0.15, -0.1) is 0 Å². The zero-order valence-corrected chi connectivity index (χ0v) is 5.72. The van der Waals surface area contributed by atoms with Gasteiger partial charge in [0.15, 0.2) is 6.29 Å². The van der Waals surface area contributed by atoms with Gasteiger partial charge in [0.25, 0.3) is 0 Å². The molecule has 0 bridgehead atoms. The van der Waals surface area contributed by atoms with Crippen LogP contribution in [0.3, 0.4) is 0 Å². The fourth-order valence-corrected chi connectivity index (χ4v) is 0.800. The van der Waals surface area contributed by atoms with E-state index < -0.39 is 0 Å². The largest absolute Gasteiger partial charge is 0.352 e. The van der Waals surface area contributed by atoms with Crippen LogP contribution in [-0.4, -0.2) is 19.5 Å². The summed E-state index contributed by atoms with van der Waals surface area (Å²) in [6.07, 6.45) is 5.02. The Labute approximate surface area is 56.2 Å². The molecule has 52 valence electrons. The molecule has 0 aliphatic carbocycles. The zero-order valence-electron chi connectivity index (χ0n) is 5.72. The lowest BCUT2D eigenvalue weighted by molar-refractivity contribution is -0.131. The maximum Gasteiger partial charge on any atom is 0.164 e. The van der Waals surface area contributed by atoms with E-state index in [1.165, 1.54) is 0 Å². The topological polar surface area (TPSA) is 18.5 Å². The third-order valence-electron chi connectivity index (χ3n) is 1.22. The first kappa shape index (κ1) is 7.03. The molecule has 0 aromatic heterocycles. The lowest BCUT2D eigenvalue weighted by atomic mass is 10.2. The third-order valence-corrected chi connectivity index (χ3v) is 1.22. The van der Waals surface area contributed by atoms with Crippen molar-refractivity contribution in [1.29, 1.82) is 0 Å². The Kier molecular flexibility index (Phi) is 3.01. The van der Waals surface area contributed by atoms with Crippen molar-refractivity contribution in [2.75, 3.05) is 13.2 Å². The summed E-state index contributed by atoms with van der Waals surface area (Å²) in [5.41, 5.74) is 0. The second kappa shape index (κ2) is 3.85. The van der Waals surface area contributed by atoms with Crippen LogP contribution in [0.25, 0.3) is 0 Å². The standard InChI is InChI=1S/C7H12O2/c1-2-8-7-5-3-4-6-9-7/h7H,2-4,6H2,1H3. The van der Waals surface area contributed by atoms with E-state index in [0.717, 1.165) is 19.4 Å². The van der Waals surface area contributed by atoms with E-state index in [1.807, 2.05) is 6.92 Å². The molecule has 1 atom stereocenters. The van der Waals surface area contributed by atoms with E-state index in [0.29, 0.717) is 6.61 Å². The van der Waals surface area contributed by atoms with Crippen molar-refractivity contribution in [2.45, 2.75) is 26.1 Å². The summed E-state index contributed by atoms with van der Waals surface area (Å²) in [5.74, 6) is 0. The minimum absolute atomic E-state index is 0.149. The van der Waals surface area contributed by atoms with Gasteiger partial charge in [-0.1, -0.05) is 0 Å². The molecule has 0 aromatic rings. The predicted molar refractivity (Wildman–Crippen MR) is 33.8 cm³/mol. The normalized spacial score (nSPS) is 28.3. The first-order valence-corrected chi connectivity index (χ1v) is 3.40. The molecule has 1 saturated heterocycles. The van der Waals surface area contributed by atoms with Gasteiger partial charge in [0.2, 0.25) is 0 Å². The molecule has 0 N–H and O–H groups in total. The van der Waals surface area contributed by atoms with Gasteiger partial charge in [0.05, 0.1) is 0 Å². The van der Waals surface area contributed by atoms with E-state index in [-0.39, 0.29) is 6.29 Å². The molecule has 1 aliphatic heterocycles. The van der Waals surface area contributed by atoms with E-state index in [4.69, 9.17) is 9.47 Å². The van der Waals surface area contributed by atoms with Gasteiger partial charge in [-0.05, 0) is 19.8 Å². The molecule has 2 heteroatoms. The van der Waals surface area contributed by atoms with Crippen LogP contribution in [0, 0.1) is 6.42 Å². The average Bonchev–Trinajstić information content (AvgIpc) is 1.91. The van der Waals surface area contributed by atoms with Crippen LogP contribution < -0.4 is 0 Å². The second-order valence-corrected chi connectivity index (χ2v) is 1.97. The number of hydrogen-bond donors (Lipinski definition) is 0. The Morgan fingerprint density at radius 3 is 3.22 bits per heavy atom. The Hall–Kier alpha value is -0.0800. The minimum Gasteiger partial charge on any atom is -0.352 e. The summed E-state index contributed by atoms with van der Waals surface area (Å²) in [5, 5.41) is 0. The highest BCUT2D eigenvalue weighted by atomic mass is 16.7. The van der Waals surface area contributed by atoms with Gasteiger partial charge in [-0.2, -0.15) is 0 Å². The molecule has 1 aliphatic rings. The fraction of sp³-hybridized carbons (Fsp3) is 0.857.